The number of rotatable bonds is 3. The molecular weight excluding hydrogens is 322 g/mol. The first kappa shape index (κ1) is 15.5. The van der Waals surface area contributed by atoms with Gasteiger partial charge < -0.3 is 9.84 Å². The molecule has 1 N–H and O–H groups in total. The van der Waals surface area contributed by atoms with Crippen molar-refractivity contribution in [2.45, 2.75) is 13.0 Å². The molecule has 1 aliphatic rings. The highest BCUT2D eigenvalue weighted by molar-refractivity contribution is 7.07. The predicted molar refractivity (Wildman–Crippen MR) is 94.5 cm³/mol. The quantitative estimate of drug-likeness (QED) is 0.793. The minimum Gasteiger partial charge on any atom is -0.505 e. The van der Waals surface area contributed by atoms with E-state index >= 15 is 0 Å². The van der Waals surface area contributed by atoms with E-state index in [0.29, 0.717) is 18.7 Å². The second-order valence-corrected chi connectivity index (χ2v) is 6.71. The van der Waals surface area contributed by atoms with E-state index < -0.39 is 0 Å². The van der Waals surface area contributed by atoms with Crippen LogP contribution in [0, 0.1) is 6.92 Å². The van der Waals surface area contributed by atoms with Crippen LogP contribution >= 0.6 is 11.3 Å². The molecule has 4 rings (SSSR count). The first-order valence-electron chi connectivity index (χ1n) is 8.03. The Labute approximate surface area is 144 Å². The van der Waals surface area contributed by atoms with Crippen LogP contribution in [0.5, 0.6) is 5.75 Å². The minimum absolute atomic E-state index is 0.0770. The minimum atomic E-state index is -0.0770. The van der Waals surface area contributed by atoms with Crippen molar-refractivity contribution in [2.75, 3.05) is 26.3 Å². The number of benzene rings is 1. The maximum absolute atomic E-state index is 10.9. The number of morpholine rings is 1. The van der Waals surface area contributed by atoms with Gasteiger partial charge in [-0.15, -0.1) is 11.3 Å². The molecule has 1 saturated heterocycles. The summed E-state index contributed by atoms with van der Waals surface area (Å²) in [7, 11) is 0. The Balaban J connectivity index is 1.85. The number of aromatic hydroxyl groups is 1. The Bertz CT molecular complexity index is 845. The number of hydrogen-bond donors (Lipinski definition) is 1. The van der Waals surface area contributed by atoms with Gasteiger partial charge in [0.2, 0.25) is 0 Å². The molecule has 0 spiro atoms. The maximum atomic E-state index is 10.9. The second kappa shape index (κ2) is 6.47. The first-order valence-corrected chi connectivity index (χ1v) is 8.97. The number of aryl methyl sites for hydroxylation is 1. The van der Waals surface area contributed by atoms with Crippen molar-refractivity contribution in [3.05, 3.63) is 52.1 Å². The Hall–Kier alpha value is -2.02. The van der Waals surface area contributed by atoms with Crippen molar-refractivity contribution in [3.8, 4) is 5.75 Å². The number of fused-ring (bicyclic) bond motifs is 1. The number of nitrogens with zero attached hydrogens (tertiary/aromatic N) is 3. The van der Waals surface area contributed by atoms with Gasteiger partial charge in [-0.1, -0.05) is 18.2 Å². The van der Waals surface area contributed by atoms with Gasteiger partial charge in [0.05, 0.1) is 30.5 Å². The van der Waals surface area contributed by atoms with Gasteiger partial charge in [0.25, 0.3) is 0 Å². The summed E-state index contributed by atoms with van der Waals surface area (Å²) in [4.78, 5) is 11.4. The van der Waals surface area contributed by atoms with Crippen LogP contribution in [-0.4, -0.2) is 46.3 Å². The lowest BCUT2D eigenvalue weighted by Crippen LogP contribution is -2.39. The van der Waals surface area contributed by atoms with Crippen molar-refractivity contribution in [1.82, 2.24) is 14.9 Å². The fourth-order valence-electron chi connectivity index (χ4n) is 3.24. The summed E-state index contributed by atoms with van der Waals surface area (Å²) in [6.45, 7) is 4.98. The summed E-state index contributed by atoms with van der Waals surface area (Å²) in [6.07, 6.45) is 0. The third kappa shape index (κ3) is 2.77. The van der Waals surface area contributed by atoms with E-state index in [1.165, 1.54) is 0 Å². The molecule has 1 aliphatic heterocycles. The molecule has 2 aromatic heterocycles. The van der Waals surface area contributed by atoms with Crippen LogP contribution in [0.3, 0.4) is 0 Å². The van der Waals surface area contributed by atoms with Gasteiger partial charge in [0.1, 0.15) is 11.3 Å². The van der Waals surface area contributed by atoms with Crippen molar-refractivity contribution in [3.63, 3.8) is 0 Å². The van der Waals surface area contributed by atoms with Crippen LogP contribution in [0.1, 0.15) is 23.0 Å². The fourth-order valence-corrected chi connectivity index (χ4v) is 3.82. The first-order chi connectivity index (χ1) is 11.7. The summed E-state index contributed by atoms with van der Waals surface area (Å²) in [6, 6.07) is 7.90. The molecule has 5 nitrogen and oxygen atoms in total. The van der Waals surface area contributed by atoms with E-state index in [-0.39, 0.29) is 11.8 Å². The molecule has 1 atom stereocenters. The molecule has 6 heteroatoms. The van der Waals surface area contributed by atoms with E-state index in [1.54, 1.807) is 11.3 Å². The normalized spacial score (nSPS) is 17.2. The van der Waals surface area contributed by atoms with Crippen molar-refractivity contribution < 1.29 is 9.84 Å². The molecule has 3 heterocycles. The van der Waals surface area contributed by atoms with Crippen LogP contribution in [0.15, 0.2) is 35.2 Å². The number of pyridine rings is 1. The fraction of sp³-hybridized carbons (Fsp3) is 0.333. The number of aromatic nitrogens is 2. The van der Waals surface area contributed by atoms with Crippen molar-refractivity contribution in [1.29, 1.82) is 0 Å². The summed E-state index contributed by atoms with van der Waals surface area (Å²) in [5.41, 5.74) is 5.20. The van der Waals surface area contributed by atoms with Gasteiger partial charge in [-0.05, 0) is 13.0 Å². The molecular formula is C18H19N3O2S. The number of hydrogen-bond acceptors (Lipinski definition) is 6. The number of thiazole rings is 1. The van der Waals surface area contributed by atoms with Crippen molar-refractivity contribution >= 4 is 22.2 Å². The van der Waals surface area contributed by atoms with Gasteiger partial charge in [0, 0.05) is 35.1 Å². The summed E-state index contributed by atoms with van der Waals surface area (Å²) in [5, 5.41) is 13.9. The van der Waals surface area contributed by atoms with Crippen LogP contribution in [0.25, 0.3) is 10.9 Å². The van der Waals surface area contributed by atoms with Crippen LogP contribution in [0.2, 0.25) is 0 Å². The molecule has 0 radical (unpaired) electrons. The highest BCUT2D eigenvalue weighted by atomic mass is 32.1. The second-order valence-electron chi connectivity index (χ2n) is 5.99. The summed E-state index contributed by atoms with van der Waals surface area (Å²) in [5.74, 6) is 0.251. The average molecular weight is 341 g/mol. The Morgan fingerprint density at radius 1 is 1.21 bits per heavy atom. The molecule has 0 saturated carbocycles. The largest absolute Gasteiger partial charge is 0.505 e. The van der Waals surface area contributed by atoms with Gasteiger partial charge >= 0.3 is 0 Å². The van der Waals surface area contributed by atoms with E-state index in [0.717, 1.165) is 35.4 Å². The Morgan fingerprint density at radius 2 is 2.00 bits per heavy atom. The summed E-state index contributed by atoms with van der Waals surface area (Å²) < 4.78 is 5.48. The zero-order chi connectivity index (χ0) is 16.5. The molecule has 1 aromatic carbocycles. The molecule has 24 heavy (non-hydrogen) atoms. The smallest absolute Gasteiger partial charge is 0.146 e. The molecule has 0 bridgehead atoms. The van der Waals surface area contributed by atoms with Crippen LogP contribution < -0.4 is 0 Å². The zero-order valence-corrected chi connectivity index (χ0v) is 14.3. The van der Waals surface area contributed by atoms with Gasteiger partial charge in [-0.2, -0.15) is 0 Å². The highest BCUT2D eigenvalue weighted by Gasteiger charge is 2.28. The highest BCUT2D eigenvalue weighted by Crippen LogP contribution is 2.38. The van der Waals surface area contributed by atoms with Crippen LogP contribution in [0.4, 0.5) is 0 Å². The molecule has 0 amide bonds. The lowest BCUT2D eigenvalue weighted by molar-refractivity contribution is 0.0230. The Morgan fingerprint density at radius 3 is 2.75 bits per heavy atom. The number of ether oxygens (including phenoxy) is 1. The van der Waals surface area contributed by atoms with Gasteiger partial charge in [-0.25, -0.2) is 9.97 Å². The van der Waals surface area contributed by atoms with E-state index in [2.05, 4.69) is 14.9 Å². The monoisotopic (exact) mass is 341 g/mol. The third-order valence-electron chi connectivity index (χ3n) is 4.44. The third-order valence-corrected chi connectivity index (χ3v) is 5.05. The molecule has 3 aromatic rings. The average Bonchev–Trinajstić information content (AvgIpc) is 3.13. The van der Waals surface area contributed by atoms with Crippen LogP contribution in [-0.2, 0) is 4.74 Å². The summed E-state index contributed by atoms with van der Waals surface area (Å²) >= 11 is 1.57. The molecule has 1 fully saturated rings. The van der Waals surface area contributed by atoms with E-state index in [1.807, 2.05) is 42.1 Å². The van der Waals surface area contributed by atoms with Gasteiger partial charge in [-0.3, -0.25) is 4.90 Å². The number of phenolic OH excluding ortho intramolecular Hbond substituents is 1. The lowest BCUT2D eigenvalue weighted by atomic mass is 9.98. The molecule has 1 unspecified atom stereocenters. The van der Waals surface area contributed by atoms with E-state index in [4.69, 9.17) is 4.74 Å². The Kier molecular flexibility index (Phi) is 4.18. The maximum Gasteiger partial charge on any atom is 0.146 e. The molecule has 124 valence electrons. The van der Waals surface area contributed by atoms with Gasteiger partial charge in [0.15, 0.2) is 0 Å². The standard InChI is InChI=1S/C18H19N3O2S/c1-12-2-3-13-4-5-14(18(22)16(13)20-12)17(15-10-24-11-19-15)21-6-8-23-9-7-21/h2-5,10-11,17,22H,6-9H2,1H3. The van der Waals surface area contributed by atoms with Crippen molar-refractivity contribution in [2.24, 2.45) is 0 Å². The number of phenols is 1. The molecule has 0 aliphatic carbocycles. The SMILES string of the molecule is Cc1ccc2ccc(C(c3cscn3)N3CCOCC3)c(O)c2n1. The lowest BCUT2D eigenvalue weighted by Gasteiger charge is -2.34. The topological polar surface area (TPSA) is 58.5 Å². The predicted octanol–water partition coefficient (Wildman–Crippen LogP) is 3.13. The zero-order valence-electron chi connectivity index (χ0n) is 13.5. The van der Waals surface area contributed by atoms with E-state index in [9.17, 15) is 5.11 Å².